The minimum Gasteiger partial charge on any atom is -0.411 e. The molecule has 0 aliphatic rings. The molecule has 5 heteroatoms. The van der Waals surface area contributed by atoms with Gasteiger partial charge < -0.3 is 9.53 Å². The number of hydrogen-bond acceptors (Lipinski definition) is 3. The van der Waals surface area contributed by atoms with E-state index in [1.54, 1.807) is 0 Å². The molecule has 0 heterocycles. The van der Waals surface area contributed by atoms with E-state index in [4.69, 9.17) is 4.43 Å². The van der Waals surface area contributed by atoms with E-state index in [1.807, 2.05) is 58.0 Å². The lowest BCUT2D eigenvalue weighted by molar-refractivity contribution is 0.0663. The quantitative estimate of drug-likeness (QED) is 0.627. The fraction of sp³-hybridized carbons (Fsp3) is 0.619. The molecule has 148 valence electrons. The van der Waals surface area contributed by atoms with Crippen molar-refractivity contribution in [3.05, 3.63) is 40.8 Å². The standard InChI is InChI=1S/C21H36O3SSi/c1-15(2)14-19(25(23)18-12-10-16(3)11-13-18)20(22)17(4)24-26(8,9)21(5,6)7/h10-15,17,20,22H,1-9H3/b19-14+/t17-,20+,25+/m0/s1. The molecule has 0 aliphatic heterocycles. The Morgan fingerprint density at radius 2 is 1.65 bits per heavy atom. The summed E-state index contributed by atoms with van der Waals surface area (Å²) in [5.74, 6) is 0.189. The summed E-state index contributed by atoms with van der Waals surface area (Å²) in [6.07, 6.45) is 0.607. The maximum absolute atomic E-state index is 13.1. The topological polar surface area (TPSA) is 46.5 Å². The molecule has 1 N–H and O–H groups in total. The summed E-state index contributed by atoms with van der Waals surface area (Å²) >= 11 is 0. The zero-order valence-corrected chi connectivity index (χ0v) is 19.6. The first kappa shape index (κ1) is 23.3. The molecule has 3 atom stereocenters. The molecule has 26 heavy (non-hydrogen) atoms. The van der Waals surface area contributed by atoms with E-state index in [0.717, 1.165) is 5.56 Å². The van der Waals surface area contributed by atoms with Gasteiger partial charge in [0.25, 0.3) is 0 Å². The van der Waals surface area contributed by atoms with Crippen molar-refractivity contribution in [1.82, 2.24) is 0 Å². The fourth-order valence-corrected chi connectivity index (χ4v) is 5.21. The van der Waals surface area contributed by atoms with E-state index in [-0.39, 0.29) is 11.0 Å². The van der Waals surface area contributed by atoms with Crippen molar-refractivity contribution < 1.29 is 13.7 Å². The number of allylic oxidation sites excluding steroid dienone is 1. The van der Waals surface area contributed by atoms with Crippen LogP contribution in [-0.4, -0.2) is 29.8 Å². The van der Waals surface area contributed by atoms with Crippen LogP contribution in [0.3, 0.4) is 0 Å². The summed E-state index contributed by atoms with van der Waals surface area (Å²) in [6.45, 7) is 18.8. The normalized spacial score (nSPS) is 17.3. The van der Waals surface area contributed by atoms with Crippen LogP contribution in [-0.2, 0) is 15.2 Å². The Morgan fingerprint density at radius 1 is 1.15 bits per heavy atom. The van der Waals surface area contributed by atoms with Crippen molar-refractivity contribution in [3.8, 4) is 0 Å². The van der Waals surface area contributed by atoms with Crippen molar-refractivity contribution in [2.75, 3.05) is 0 Å². The Morgan fingerprint density at radius 3 is 2.08 bits per heavy atom. The van der Waals surface area contributed by atoms with Crippen LogP contribution in [0, 0.1) is 12.8 Å². The van der Waals surface area contributed by atoms with Crippen LogP contribution in [0.5, 0.6) is 0 Å². The number of aryl methyl sites for hydroxylation is 1. The molecule has 1 aromatic carbocycles. The lowest BCUT2D eigenvalue weighted by atomic mass is 10.1. The van der Waals surface area contributed by atoms with Crippen molar-refractivity contribution >= 4 is 19.1 Å². The van der Waals surface area contributed by atoms with E-state index < -0.39 is 31.3 Å². The number of rotatable bonds is 7. The predicted molar refractivity (Wildman–Crippen MR) is 114 cm³/mol. The SMILES string of the molecule is Cc1ccc([S@@](=O)/C(=C/C(C)C)[C@H](O)[C@H](C)O[Si](C)(C)C(C)(C)C)cc1. The molecule has 0 aromatic heterocycles. The summed E-state index contributed by atoms with van der Waals surface area (Å²) in [7, 11) is -3.43. The molecule has 3 nitrogen and oxygen atoms in total. The Balaban J connectivity index is 3.13. The van der Waals surface area contributed by atoms with Crippen LogP contribution in [0.1, 0.15) is 47.1 Å². The zero-order chi connectivity index (χ0) is 20.3. The summed E-state index contributed by atoms with van der Waals surface area (Å²) < 4.78 is 19.5. The van der Waals surface area contributed by atoms with Gasteiger partial charge in [0.15, 0.2) is 8.32 Å². The molecular weight excluding hydrogens is 360 g/mol. The molecule has 0 amide bonds. The maximum Gasteiger partial charge on any atom is 0.192 e. The maximum atomic E-state index is 13.1. The van der Waals surface area contributed by atoms with Gasteiger partial charge in [-0.1, -0.05) is 58.4 Å². The summed E-state index contributed by atoms with van der Waals surface area (Å²) in [5.41, 5.74) is 1.12. The van der Waals surface area contributed by atoms with E-state index >= 15 is 0 Å². The highest BCUT2D eigenvalue weighted by atomic mass is 32.2. The number of aliphatic hydroxyl groups is 1. The smallest absolute Gasteiger partial charge is 0.192 e. The van der Waals surface area contributed by atoms with Crippen LogP contribution in [0.2, 0.25) is 18.1 Å². The first-order valence-corrected chi connectivity index (χ1v) is 13.4. The Kier molecular flexibility index (Phi) is 8.02. The van der Waals surface area contributed by atoms with Crippen molar-refractivity contribution in [1.29, 1.82) is 0 Å². The summed E-state index contributed by atoms with van der Waals surface area (Å²) in [5, 5.41) is 11.0. The molecule has 0 saturated heterocycles. The van der Waals surface area contributed by atoms with Gasteiger partial charge in [0.2, 0.25) is 0 Å². The molecule has 0 bridgehead atoms. The van der Waals surface area contributed by atoms with Crippen molar-refractivity contribution in [2.24, 2.45) is 5.92 Å². The number of benzene rings is 1. The van der Waals surface area contributed by atoms with Crippen LogP contribution < -0.4 is 0 Å². The Labute approximate surface area is 163 Å². The molecule has 0 spiro atoms. The summed E-state index contributed by atoms with van der Waals surface area (Å²) in [6, 6.07) is 7.63. The molecule has 0 fully saturated rings. The van der Waals surface area contributed by atoms with E-state index in [9.17, 15) is 9.32 Å². The molecule has 1 aromatic rings. The Hall–Kier alpha value is -0.753. The highest BCUT2D eigenvalue weighted by molar-refractivity contribution is 7.89. The van der Waals surface area contributed by atoms with Gasteiger partial charge in [-0.3, -0.25) is 0 Å². The summed E-state index contributed by atoms with van der Waals surface area (Å²) in [4.78, 5) is 1.25. The monoisotopic (exact) mass is 396 g/mol. The van der Waals surface area contributed by atoms with Gasteiger partial charge in [-0.15, -0.1) is 0 Å². The molecular formula is C21H36O3SSi. The molecule has 0 unspecified atom stereocenters. The van der Waals surface area contributed by atoms with E-state index in [2.05, 4.69) is 33.9 Å². The van der Waals surface area contributed by atoms with Crippen LogP contribution >= 0.6 is 0 Å². The van der Waals surface area contributed by atoms with Crippen LogP contribution in [0.25, 0.3) is 0 Å². The third kappa shape index (κ3) is 6.15. The zero-order valence-electron chi connectivity index (χ0n) is 17.8. The third-order valence-corrected chi connectivity index (χ3v) is 11.0. The van der Waals surface area contributed by atoms with Crippen molar-refractivity contribution in [3.63, 3.8) is 0 Å². The van der Waals surface area contributed by atoms with Gasteiger partial charge in [0.1, 0.15) is 6.10 Å². The second-order valence-electron chi connectivity index (χ2n) is 8.92. The van der Waals surface area contributed by atoms with Gasteiger partial charge in [0, 0.05) is 9.80 Å². The highest BCUT2D eigenvalue weighted by Crippen LogP contribution is 2.38. The molecule has 0 saturated carbocycles. The largest absolute Gasteiger partial charge is 0.411 e. The second kappa shape index (κ2) is 8.96. The number of hydrogen-bond donors (Lipinski definition) is 1. The van der Waals surface area contributed by atoms with E-state index in [0.29, 0.717) is 9.80 Å². The van der Waals surface area contributed by atoms with Gasteiger partial charge in [-0.2, -0.15) is 0 Å². The third-order valence-electron chi connectivity index (χ3n) is 4.97. The minimum atomic E-state index is -2.02. The lowest BCUT2D eigenvalue weighted by Crippen LogP contribution is -2.46. The lowest BCUT2D eigenvalue weighted by Gasteiger charge is -2.39. The Bertz CT molecular complexity index is 642. The minimum absolute atomic E-state index is 0.0546. The average molecular weight is 397 g/mol. The van der Waals surface area contributed by atoms with Crippen LogP contribution in [0.15, 0.2) is 40.1 Å². The van der Waals surface area contributed by atoms with Crippen LogP contribution in [0.4, 0.5) is 0 Å². The highest BCUT2D eigenvalue weighted by Gasteiger charge is 2.40. The van der Waals surface area contributed by atoms with Gasteiger partial charge in [-0.25, -0.2) is 4.21 Å². The predicted octanol–water partition coefficient (Wildman–Crippen LogP) is 5.41. The average Bonchev–Trinajstić information content (AvgIpc) is 2.50. The fourth-order valence-electron chi connectivity index (χ4n) is 2.33. The second-order valence-corrected chi connectivity index (χ2v) is 15.2. The first-order chi connectivity index (χ1) is 11.8. The molecule has 0 radical (unpaired) electrons. The number of aliphatic hydroxyl groups excluding tert-OH is 1. The van der Waals surface area contributed by atoms with Gasteiger partial charge >= 0.3 is 0 Å². The van der Waals surface area contributed by atoms with Crippen molar-refractivity contribution in [2.45, 2.75) is 83.7 Å². The van der Waals surface area contributed by atoms with E-state index in [1.165, 1.54) is 0 Å². The van der Waals surface area contributed by atoms with Gasteiger partial charge in [0.05, 0.1) is 16.9 Å². The first-order valence-electron chi connectivity index (χ1n) is 9.32. The molecule has 1 rings (SSSR count). The molecule has 0 aliphatic carbocycles. The van der Waals surface area contributed by atoms with Gasteiger partial charge in [-0.05, 0) is 50.0 Å².